The van der Waals surface area contributed by atoms with Crippen LogP contribution in [0.3, 0.4) is 0 Å². The van der Waals surface area contributed by atoms with Gasteiger partial charge in [0.15, 0.2) is 17.4 Å². The molecule has 1 aromatic carbocycles. The summed E-state index contributed by atoms with van der Waals surface area (Å²) < 4.78 is 56.9. The van der Waals surface area contributed by atoms with Gasteiger partial charge in [-0.15, -0.1) is 18.2 Å². The van der Waals surface area contributed by atoms with Crippen molar-refractivity contribution in [3.8, 4) is 5.75 Å². The lowest BCUT2D eigenvalue weighted by molar-refractivity contribution is -0.275. The van der Waals surface area contributed by atoms with Gasteiger partial charge in [-0.1, -0.05) is 12.6 Å². The molecule has 3 heterocycles. The van der Waals surface area contributed by atoms with Crippen LogP contribution in [0.25, 0.3) is 15.9 Å². The number of hydrogen-bond acceptors (Lipinski definition) is 6. The van der Waals surface area contributed by atoms with Crippen LogP contribution < -0.4 is 15.3 Å². The number of alkyl halides is 3. The average molecular weight is 504 g/mol. The highest BCUT2D eigenvalue weighted by molar-refractivity contribution is 5.87. The lowest BCUT2D eigenvalue weighted by Crippen LogP contribution is -2.57. The van der Waals surface area contributed by atoms with E-state index < -0.39 is 23.6 Å². The molecule has 8 nitrogen and oxygen atoms in total. The Labute approximate surface area is 204 Å². The van der Waals surface area contributed by atoms with Crippen LogP contribution in [0.15, 0.2) is 35.1 Å². The molecule has 0 bridgehead atoms. The molecule has 0 saturated carbocycles. The smallest absolute Gasteiger partial charge is 0.403 e. The number of nitrogens with zero attached hydrogens (tertiary/aromatic N) is 6. The van der Waals surface area contributed by atoms with Gasteiger partial charge in [0.05, 0.1) is 5.52 Å². The van der Waals surface area contributed by atoms with Crippen molar-refractivity contribution in [2.75, 3.05) is 18.0 Å². The van der Waals surface area contributed by atoms with Crippen molar-refractivity contribution in [3.05, 3.63) is 63.6 Å². The number of halogens is 4. The minimum Gasteiger partial charge on any atom is -0.403 e. The van der Waals surface area contributed by atoms with Gasteiger partial charge < -0.3 is 14.5 Å². The summed E-state index contributed by atoms with van der Waals surface area (Å²) in [7, 11) is 1.59. The van der Waals surface area contributed by atoms with Crippen LogP contribution in [0.4, 0.5) is 29.2 Å². The molecule has 1 fully saturated rings. The second-order valence-electron chi connectivity index (χ2n) is 8.89. The maximum Gasteiger partial charge on any atom is 0.573 e. The summed E-state index contributed by atoms with van der Waals surface area (Å²) in [5.74, 6) is -1.38. The lowest BCUT2D eigenvalue weighted by Gasteiger charge is -2.47. The number of pyridine rings is 1. The molecule has 1 unspecified atom stereocenters. The SMILES string of the molecule is [C-]#[N+]c1ccc2c(n1)c(N1C[C@@H](C)N(C(C)c3ccc(OC(F)(F)F)c(F)c3)C[C@@H]1C)nc(=O)n2C. The summed E-state index contributed by atoms with van der Waals surface area (Å²) in [6.07, 6.45) is -4.98. The van der Waals surface area contributed by atoms with E-state index in [9.17, 15) is 22.4 Å². The predicted molar refractivity (Wildman–Crippen MR) is 126 cm³/mol. The van der Waals surface area contributed by atoms with Crippen molar-refractivity contribution in [1.29, 1.82) is 0 Å². The zero-order chi connectivity index (χ0) is 26.4. The van der Waals surface area contributed by atoms with Gasteiger partial charge in [-0.3, -0.25) is 9.47 Å². The number of piperazine rings is 1. The Hall–Kier alpha value is -3.72. The van der Waals surface area contributed by atoms with Crippen LogP contribution in [-0.4, -0.2) is 51.0 Å². The highest BCUT2D eigenvalue weighted by Gasteiger charge is 2.36. The van der Waals surface area contributed by atoms with Gasteiger partial charge >= 0.3 is 12.1 Å². The number of aromatic nitrogens is 3. The van der Waals surface area contributed by atoms with Gasteiger partial charge in [-0.25, -0.2) is 9.18 Å². The van der Waals surface area contributed by atoms with Crippen molar-refractivity contribution in [3.63, 3.8) is 0 Å². The molecule has 0 radical (unpaired) electrons. The first-order chi connectivity index (χ1) is 16.9. The van der Waals surface area contributed by atoms with E-state index >= 15 is 0 Å². The normalized spacial score (nSPS) is 19.8. The van der Waals surface area contributed by atoms with Gasteiger partial charge in [0.1, 0.15) is 0 Å². The third kappa shape index (κ3) is 4.83. The monoisotopic (exact) mass is 504 g/mol. The van der Waals surface area contributed by atoms with Crippen LogP contribution in [0, 0.1) is 12.4 Å². The Morgan fingerprint density at radius 1 is 1.14 bits per heavy atom. The third-order valence-corrected chi connectivity index (χ3v) is 6.50. The van der Waals surface area contributed by atoms with Crippen LogP contribution in [-0.2, 0) is 7.05 Å². The molecule has 190 valence electrons. The summed E-state index contributed by atoms with van der Waals surface area (Å²) >= 11 is 0. The molecular weight excluding hydrogens is 480 g/mol. The molecule has 1 aliphatic rings. The van der Waals surface area contributed by atoms with E-state index in [1.807, 2.05) is 25.7 Å². The molecule has 3 aromatic rings. The maximum absolute atomic E-state index is 14.3. The Bertz CT molecular complexity index is 1400. The highest BCUT2D eigenvalue weighted by Crippen LogP contribution is 2.34. The summed E-state index contributed by atoms with van der Waals surface area (Å²) in [6.45, 7) is 14.0. The first-order valence-corrected chi connectivity index (χ1v) is 11.2. The zero-order valence-electron chi connectivity index (χ0n) is 20.0. The quantitative estimate of drug-likeness (QED) is 0.383. The standard InChI is InChI=1S/C24H24F4N6O2/c1-13-12-34(22-21-18(32(5)23(35)31-22)7-9-20(29-4)30-21)14(2)11-33(13)15(3)16-6-8-19(17(25)10-16)36-24(26,27)28/h6-10,13-15H,11-12H2,1-3,5H3/t13-,14+,15?/m1/s1. The first kappa shape index (κ1) is 25.4. The van der Waals surface area contributed by atoms with Crippen molar-refractivity contribution in [2.45, 2.75) is 45.3 Å². The van der Waals surface area contributed by atoms with E-state index in [1.165, 1.54) is 10.6 Å². The van der Waals surface area contributed by atoms with E-state index in [0.29, 0.717) is 35.5 Å². The first-order valence-electron chi connectivity index (χ1n) is 11.2. The van der Waals surface area contributed by atoms with E-state index in [1.54, 1.807) is 19.2 Å². The van der Waals surface area contributed by atoms with E-state index in [2.05, 4.69) is 24.4 Å². The molecule has 36 heavy (non-hydrogen) atoms. The Kier molecular flexibility index (Phi) is 6.62. The van der Waals surface area contributed by atoms with Gasteiger partial charge in [-0.05, 0) is 50.6 Å². The van der Waals surface area contributed by atoms with E-state index in [-0.39, 0.29) is 23.9 Å². The fourth-order valence-electron chi connectivity index (χ4n) is 4.62. The second kappa shape index (κ2) is 9.39. The van der Waals surface area contributed by atoms with Crippen molar-refractivity contribution in [1.82, 2.24) is 19.4 Å². The molecule has 0 spiro atoms. The number of anilines is 1. The van der Waals surface area contributed by atoms with Crippen molar-refractivity contribution < 1.29 is 22.3 Å². The summed E-state index contributed by atoms with van der Waals surface area (Å²) in [5.41, 5.74) is 1.08. The van der Waals surface area contributed by atoms with Crippen molar-refractivity contribution >= 4 is 22.7 Å². The van der Waals surface area contributed by atoms with E-state index in [4.69, 9.17) is 6.57 Å². The minimum atomic E-state index is -4.98. The Morgan fingerprint density at radius 2 is 1.86 bits per heavy atom. The van der Waals surface area contributed by atoms with E-state index in [0.717, 1.165) is 12.1 Å². The Balaban J connectivity index is 1.62. The van der Waals surface area contributed by atoms with Crippen LogP contribution >= 0.6 is 0 Å². The predicted octanol–water partition coefficient (Wildman–Crippen LogP) is 4.58. The van der Waals surface area contributed by atoms with Crippen LogP contribution in [0.2, 0.25) is 0 Å². The number of hydrogen-bond donors (Lipinski definition) is 0. The molecule has 4 rings (SSSR count). The molecule has 3 atom stereocenters. The minimum absolute atomic E-state index is 0.0877. The van der Waals surface area contributed by atoms with Crippen LogP contribution in [0.1, 0.15) is 32.4 Å². The topological polar surface area (TPSA) is 67.9 Å². The highest BCUT2D eigenvalue weighted by atomic mass is 19.4. The molecule has 0 aliphatic carbocycles. The van der Waals surface area contributed by atoms with Crippen molar-refractivity contribution in [2.24, 2.45) is 7.05 Å². The molecule has 0 N–H and O–H groups in total. The largest absolute Gasteiger partial charge is 0.573 e. The number of aryl methyl sites for hydroxylation is 1. The number of fused-ring (bicyclic) bond motifs is 1. The molecule has 1 aliphatic heterocycles. The van der Waals surface area contributed by atoms with Crippen LogP contribution in [0.5, 0.6) is 5.75 Å². The summed E-state index contributed by atoms with van der Waals surface area (Å²) in [4.78, 5) is 28.7. The zero-order valence-corrected chi connectivity index (χ0v) is 20.0. The molecule has 0 amide bonds. The fraction of sp³-hybridized carbons (Fsp3) is 0.417. The molecular formula is C24H24F4N6O2. The third-order valence-electron chi connectivity index (χ3n) is 6.50. The van der Waals surface area contributed by atoms with Gasteiger partial charge in [0.25, 0.3) is 5.82 Å². The Morgan fingerprint density at radius 3 is 2.50 bits per heavy atom. The van der Waals surface area contributed by atoms with Gasteiger partial charge in [-0.2, -0.15) is 4.98 Å². The number of benzene rings is 1. The molecule has 1 saturated heterocycles. The number of ether oxygens (including phenoxy) is 1. The summed E-state index contributed by atoms with van der Waals surface area (Å²) in [5, 5.41) is 0. The second-order valence-corrected chi connectivity index (χ2v) is 8.89. The van der Waals surface area contributed by atoms with Gasteiger partial charge in [0.2, 0.25) is 5.52 Å². The maximum atomic E-state index is 14.3. The van der Waals surface area contributed by atoms with Gasteiger partial charge in [0, 0.05) is 38.3 Å². The number of rotatable bonds is 4. The molecule has 12 heteroatoms. The summed E-state index contributed by atoms with van der Waals surface area (Å²) in [6, 6.07) is 6.15. The average Bonchev–Trinajstić information content (AvgIpc) is 2.82. The lowest BCUT2D eigenvalue weighted by atomic mass is 10.0. The fourth-order valence-corrected chi connectivity index (χ4v) is 4.62. The molecule has 2 aromatic heterocycles.